The predicted molar refractivity (Wildman–Crippen MR) is 52.5 cm³/mol. The third kappa shape index (κ3) is 1.78. The van der Waals surface area contributed by atoms with E-state index in [-0.39, 0.29) is 5.71 Å². The first-order chi connectivity index (χ1) is 7.18. The maximum Gasteiger partial charge on any atom is 0.352 e. The van der Waals surface area contributed by atoms with Gasteiger partial charge in [-0.05, 0) is 6.92 Å². The van der Waals surface area contributed by atoms with E-state index in [1.807, 2.05) is 6.92 Å². The molecule has 0 fully saturated rings. The van der Waals surface area contributed by atoms with Crippen molar-refractivity contribution in [1.82, 2.24) is 15.0 Å². The second kappa shape index (κ2) is 3.64. The highest BCUT2D eigenvalue weighted by Crippen LogP contribution is 2.22. The molecule has 6 nitrogen and oxygen atoms in total. The lowest BCUT2D eigenvalue weighted by atomic mass is 10.0. The van der Waals surface area contributed by atoms with Crippen molar-refractivity contribution in [2.45, 2.75) is 19.4 Å². The minimum absolute atomic E-state index is 0.0804. The van der Waals surface area contributed by atoms with Crippen LogP contribution in [-0.2, 0) is 4.79 Å². The first kappa shape index (κ1) is 9.57. The van der Waals surface area contributed by atoms with Crippen LogP contribution in [0.3, 0.4) is 0 Å². The maximum absolute atomic E-state index is 10.9. The van der Waals surface area contributed by atoms with Gasteiger partial charge in [0.2, 0.25) is 0 Å². The smallest absolute Gasteiger partial charge is 0.352 e. The second-order valence-electron chi connectivity index (χ2n) is 3.36. The maximum atomic E-state index is 10.9. The molecule has 1 aromatic heterocycles. The number of carboxylic acids is 1. The highest BCUT2D eigenvalue weighted by Gasteiger charge is 2.27. The zero-order chi connectivity index (χ0) is 10.8. The second-order valence-corrected chi connectivity index (χ2v) is 3.36. The SMILES string of the molecule is CC1=CN=C(C(=O)O)C(n2nccn2)C1. The van der Waals surface area contributed by atoms with E-state index >= 15 is 0 Å². The largest absolute Gasteiger partial charge is 0.477 e. The summed E-state index contributed by atoms with van der Waals surface area (Å²) in [5.74, 6) is -1.03. The van der Waals surface area contributed by atoms with Crippen molar-refractivity contribution >= 4 is 11.7 Å². The van der Waals surface area contributed by atoms with E-state index in [9.17, 15) is 4.79 Å². The lowest BCUT2D eigenvalue weighted by Gasteiger charge is -2.18. The summed E-state index contributed by atoms with van der Waals surface area (Å²) in [7, 11) is 0. The molecule has 2 rings (SSSR count). The van der Waals surface area contributed by atoms with Gasteiger partial charge in [-0.25, -0.2) is 4.79 Å². The first-order valence-electron chi connectivity index (χ1n) is 4.51. The van der Waals surface area contributed by atoms with Crippen LogP contribution in [0.2, 0.25) is 0 Å². The van der Waals surface area contributed by atoms with Crippen LogP contribution in [0.25, 0.3) is 0 Å². The molecular formula is C9H10N4O2. The van der Waals surface area contributed by atoms with Gasteiger partial charge in [0.05, 0.1) is 12.4 Å². The van der Waals surface area contributed by atoms with E-state index in [1.54, 1.807) is 6.20 Å². The minimum atomic E-state index is -1.03. The van der Waals surface area contributed by atoms with Crippen LogP contribution >= 0.6 is 0 Å². The molecule has 2 heterocycles. The Labute approximate surface area is 85.9 Å². The number of aliphatic carboxylic acids is 1. The van der Waals surface area contributed by atoms with E-state index in [0.29, 0.717) is 6.42 Å². The van der Waals surface area contributed by atoms with E-state index in [4.69, 9.17) is 5.11 Å². The van der Waals surface area contributed by atoms with Gasteiger partial charge < -0.3 is 5.11 Å². The molecule has 0 radical (unpaired) electrons. The van der Waals surface area contributed by atoms with Gasteiger partial charge >= 0.3 is 5.97 Å². The Kier molecular flexibility index (Phi) is 2.32. The summed E-state index contributed by atoms with van der Waals surface area (Å²) in [5, 5.41) is 16.8. The lowest BCUT2D eigenvalue weighted by molar-refractivity contribution is -0.129. The quantitative estimate of drug-likeness (QED) is 0.770. The Morgan fingerprint density at radius 1 is 1.53 bits per heavy atom. The summed E-state index contributed by atoms with van der Waals surface area (Å²) >= 11 is 0. The molecule has 1 atom stereocenters. The third-order valence-corrected chi connectivity index (χ3v) is 2.19. The number of aliphatic imine (C=N–C) groups is 1. The average Bonchev–Trinajstić information content (AvgIpc) is 2.69. The van der Waals surface area contributed by atoms with Crippen LogP contribution in [-0.4, -0.2) is 31.8 Å². The molecule has 1 N–H and O–H groups in total. The summed E-state index contributed by atoms with van der Waals surface area (Å²) in [4.78, 5) is 16.2. The normalized spacial score (nSPS) is 20.7. The van der Waals surface area contributed by atoms with E-state index < -0.39 is 12.0 Å². The molecule has 0 spiro atoms. The number of aromatic nitrogens is 3. The van der Waals surface area contributed by atoms with Crippen molar-refractivity contribution in [3.8, 4) is 0 Å². The highest BCUT2D eigenvalue weighted by molar-refractivity contribution is 6.37. The number of allylic oxidation sites excluding steroid dienone is 1. The zero-order valence-corrected chi connectivity index (χ0v) is 8.16. The van der Waals surface area contributed by atoms with Crippen LogP contribution in [0.5, 0.6) is 0 Å². The molecule has 1 unspecified atom stereocenters. The van der Waals surface area contributed by atoms with Gasteiger partial charge in [0.1, 0.15) is 6.04 Å². The molecule has 6 heteroatoms. The fourth-order valence-electron chi connectivity index (χ4n) is 1.50. The van der Waals surface area contributed by atoms with Crippen LogP contribution in [0, 0.1) is 0 Å². The van der Waals surface area contributed by atoms with Gasteiger partial charge in [-0.3, -0.25) is 4.99 Å². The lowest BCUT2D eigenvalue weighted by Crippen LogP contribution is -2.30. The fraction of sp³-hybridized carbons (Fsp3) is 0.333. The molecule has 0 aromatic carbocycles. The van der Waals surface area contributed by atoms with Gasteiger partial charge in [-0.15, -0.1) is 0 Å². The topological polar surface area (TPSA) is 80.4 Å². The summed E-state index contributed by atoms with van der Waals surface area (Å²) in [5.41, 5.74) is 1.10. The van der Waals surface area contributed by atoms with E-state index in [2.05, 4.69) is 15.2 Å². The third-order valence-electron chi connectivity index (χ3n) is 2.19. The van der Waals surface area contributed by atoms with Crippen LogP contribution in [0.1, 0.15) is 19.4 Å². The van der Waals surface area contributed by atoms with E-state index in [1.165, 1.54) is 17.2 Å². The van der Waals surface area contributed by atoms with Gasteiger partial charge in [0.15, 0.2) is 5.71 Å². The Hall–Kier alpha value is -1.98. The molecule has 0 amide bonds. The van der Waals surface area contributed by atoms with Gasteiger partial charge in [0.25, 0.3) is 0 Å². The molecule has 1 aliphatic rings. The van der Waals surface area contributed by atoms with Gasteiger partial charge in [-0.1, -0.05) is 5.57 Å². The van der Waals surface area contributed by atoms with Crippen molar-refractivity contribution < 1.29 is 9.90 Å². The number of hydrogen-bond acceptors (Lipinski definition) is 4. The first-order valence-corrected chi connectivity index (χ1v) is 4.51. The monoisotopic (exact) mass is 206 g/mol. The predicted octanol–water partition coefficient (Wildman–Crippen LogP) is 0.652. The van der Waals surface area contributed by atoms with Crippen molar-refractivity contribution in [1.29, 1.82) is 0 Å². The summed E-state index contributed by atoms with van der Waals surface area (Å²) in [6, 6.07) is -0.400. The minimum Gasteiger partial charge on any atom is -0.477 e. The molecule has 15 heavy (non-hydrogen) atoms. The number of rotatable bonds is 2. The molecule has 0 bridgehead atoms. The standard InChI is InChI=1S/C9H10N4O2/c1-6-4-7(13-11-2-3-12-13)8(9(14)15)10-5-6/h2-3,5,7H,4H2,1H3,(H,14,15). The Bertz CT molecular complexity index is 433. The Morgan fingerprint density at radius 2 is 2.20 bits per heavy atom. The number of carbonyl (C=O) groups is 1. The number of hydrogen-bond donors (Lipinski definition) is 1. The molecule has 1 aromatic rings. The van der Waals surface area contributed by atoms with Crippen molar-refractivity contribution in [2.75, 3.05) is 0 Å². The molecule has 0 saturated carbocycles. The fourth-order valence-corrected chi connectivity index (χ4v) is 1.50. The van der Waals surface area contributed by atoms with E-state index in [0.717, 1.165) is 5.57 Å². The van der Waals surface area contributed by atoms with Crippen molar-refractivity contribution in [3.63, 3.8) is 0 Å². The van der Waals surface area contributed by atoms with Crippen molar-refractivity contribution in [2.24, 2.45) is 4.99 Å². The van der Waals surface area contributed by atoms with Crippen LogP contribution in [0.4, 0.5) is 0 Å². The Balaban J connectivity index is 2.36. The molecule has 1 aliphatic heterocycles. The van der Waals surface area contributed by atoms with Crippen LogP contribution in [0.15, 0.2) is 29.2 Å². The highest BCUT2D eigenvalue weighted by atomic mass is 16.4. The number of nitrogens with zero attached hydrogens (tertiary/aromatic N) is 4. The Morgan fingerprint density at radius 3 is 2.80 bits per heavy atom. The van der Waals surface area contributed by atoms with Gasteiger partial charge in [-0.2, -0.15) is 15.0 Å². The molecule has 78 valence electrons. The summed E-state index contributed by atoms with van der Waals surface area (Å²) in [6.07, 6.45) is 5.20. The van der Waals surface area contributed by atoms with Crippen LogP contribution < -0.4 is 0 Å². The van der Waals surface area contributed by atoms with Crippen molar-refractivity contribution in [3.05, 3.63) is 24.2 Å². The summed E-state index contributed by atoms with van der Waals surface area (Å²) < 4.78 is 0. The van der Waals surface area contributed by atoms with Gasteiger partial charge in [0, 0.05) is 12.6 Å². The average molecular weight is 206 g/mol. The molecule has 0 aliphatic carbocycles. The zero-order valence-electron chi connectivity index (χ0n) is 8.16. The number of carboxylic acid groups (broad SMARTS) is 1. The molecular weight excluding hydrogens is 196 g/mol. The summed E-state index contributed by atoms with van der Waals surface area (Å²) in [6.45, 7) is 1.90. The molecule has 0 saturated heterocycles.